The van der Waals surface area contributed by atoms with E-state index >= 15 is 0 Å². The fourth-order valence-electron chi connectivity index (χ4n) is 2.04. The van der Waals surface area contributed by atoms with Gasteiger partial charge in [0.15, 0.2) is 6.61 Å². The molecule has 2 rings (SSSR count). The number of hydrogen-bond acceptors (Lipinski definition) is 5. The van der Waals surface area contributed by atoms with E-state index in [1.54, 1.807) is 39.0 Å². The second-order valence-corrected chi connectivity index (χ2v) is 7.82. The van der Waals surface area contributed by atoms with Crippen LogP contribution in [0.1, 0.15) is 36.7 Å². The van der Waals surface area contributed by atoms with Gasteiger partial charge in [-0.25, -0.2) is 9.59 Å². The molecule has 0 bridgehead atoms. The highest BCUT2D eigenvalue weighted by atomic mass is 127. The third-order valence-corrected chi connectivity index (χ3v) is 3.82. The van der Waals surface area contributed by atoms with Crippen LogP contribution in [0.25, 0.3) is 0 Å². The second kappa shape index (κ2) is 9.02. The Morgan fingerprint density at radius 3 is 2.38 bits per heavy atom. The molecular weight excluding hydrogens is 447 g/mol. The van der Waals surface area contributed by atoms with Crippen molar-refractivity contribution in [1.29, 1.82) is 0 Å². The van der Waals surface area contributed by atoms with Crippen LogP contribution in [0.2, 0.25) is 0 Å². The highest BCUT2D eigenvalue weighted by Crippen LogP contribution is 2.24. The summed E-state index contributed by atoms with van der Waals surface area (Å²) in [5, 5.41) is 0. The van der Waals surface area contributed by atoms with Gasteiger partial charge >= 0.3 is 11.9 Å². The summed E-state index contributed by atoms with van der Waals surface area (Å²) < 4.78 is 16.9. The highest BCUT2D eigenvalue weighted by molar-refractivity contribution is 14.1. The van der Waals surface area contributed by atoms with Gasteiger partial charge in [-0.3, -0.25) is 0 Å². The zero-order valence-electron chi connectivity index (χ0n) is 15.0. The number of carbonyl (C=O) groups excluding carboxylic acids is 2. The molecule has 0 amide bonds. The van der Waals surface area contributed by atoms with Crippen LogP contribution in [0.5, 0.6) is 5.75 Å². The van der Waals surface area contributed by atoms with Gasteiger partial charge in [0.2, 0.25) is 0 Å². The molecule has 138 valence electrons. The van der Waals surface area contributed by atoms with Crippen LogP contribution in [0.3, 0.4) is 0 Å². The minimum absolute atomic E-state index is 0.175. The normalized spacial score (nSPS) is 10.9. The average Bonchev–Trinajstić information content (AvgIpc) is 2.58. The Labute approximate surface area is 166 Å². The molecule has 0 spiro atoms. The first kappa shape index (κ1) is 20.2. The molecule has 0 N–H and O–H groups in total. The Morgan fingerprint density at radius 1 is 1.04 bits per heavy atom. The van der Waals surface area contributed by atoms with Gasteiger partial charge in [-0.15, -0.1) is 0 Å². The molecule has 0 aliphatic heterocycles. The van der Waals surface area contributed by atoms with Gasteiger partial charge in [-0.1, -0.05) is 30.3 Å². The molecule has 0 aliphatic carbocycles. The standard InChI is InChI=1S/C20H21IO5/c1-20(2,3)26-19(23)16-11-15(21)9-10-17(16)24-13-18(22)25-12-14-7-5-4-6-8-14/h4-11H,12-13H2,1-3H3. The molecular formula is C20H21IO5. The maximum atomic E-state index is 12.4. The van der Waals surface area contributed by atoms with Gasteiger partial charge in [0.25, 0.3) is 0 Å². The lowest BCUT2D eigenvalue weighted by Gasteiger charge is -2.20. The van der Waals surface area contributed by atoms with Crippen molar-refractivity contribution < 1.29 is 23.8 Å². The van der Waals surface area contributed by atoms with E-state index in [0.717, 1.165) is 9.13 Å². The zero-order chi connectivity index (χ0) is 19.2. The number of benzene rings is 2. The van der Waals surface area contributed by atoms with Crippen LogP contribution in [-0.4, -0.2) is 24.1 Å². The number of ether oxygens (including phenoxy) is 3. The maximum Gasteiger partial charge on any atom is 0.344 e. The summed E-state index contributed by atoms with van der Waals surface area (Å²) in [6.07, 6.45) is 0. The van der Waals surface area contributed by atoms with Crippen LogP contribution in [0.15, 0.2) is 48.5 Å². The molecule has 0 atom stereocenters. The average molecular weight is 468 g/mol. The summed E-state index contributed by atoms with van der Waals surface area (Å²) in [5.41, 5.74) is 0.553. The number of hydrogen-bond donors (Lipinski definition) is 0. The second-order valence-electron chi connectivity index (χ2n) is 6.58. The van der Waals surface area contributed by atoms with E-state index in [1.165, 1.54) is 0 Å². The number of carbonyl (C=O) groups is 2. The van der Waals surface area contributed by atoms with Crippen molar-refractivity contribution in [3.8, 4) is 5.75 Å². The molecule has 2 aromatic rings. The van der Waals surface area contributed by atoms with Gasteiger partial charge in [-0.05, 0) is 67.1 Å². The molecule has 2 aromatic carbocycles. The molecule has 0 saturated carbocycles. The minimum Gasteiger partial charge on any atom is -0.481 e. The van der Waals surface area contributed by atoms with Crippen molar-refractivity contribution in [1.82, 2.24) is 0 Å². The summed E-state index contributed by atoms with van der Waals surface area (Å²) in [4.78, 5) is 24.3. The van der Waals surface area contributed by atoms with Gasteiger partial charge in [0.1, 0.15) is 23.5 Å². The van der Waals surface area contributed by atoms with Crippen molar-refractivity contribution in [2.45, 2.75) is 33.0 Å². The number of rotatable bonds is 6. The van der Waals surface area contributed by atoms with Gasteiger partial charge in [-0.2, -0.15) is 0 Å². The summed E-state index contributed by atoms with van der Waals surface area (Å²) in [6.45, 7) is 5.26. The summed E-state index contributed by atoms with van der Waals surface area (Å²) in [6, 6.07) is 14.5. The van der Waals surface area contributed by atoms with E-state index in [2.05, 4.69) is 22.6 Å². The van der Waals surface area contributed by atoms with Crippen LogP contribution in [0.4, 0.5) is 0 Å². The molecule has 26 heavy (non-hydrogen) atoms. The SMILES string of the molecule is CC(C)(C)OC(=O)c1cc(I)ccc1OCC(=O)OCc1ccccc1. The predicted molar refractivity (Wildman–Crippen MR) is 106 cm³/mol. The van der Waals surface area contributed by atoms with Gasteiger partial charge in [0, 0.05) is 3.57 Å². The molecule has 0 unspecified atom stereocenters. The smallest absolute Gasteiger partial charge is 0.344 e. The summed E-state index contributed by atoms with van der Waals surface area (Å²) in [7, 11) is 0. The van der Waals surface area contributed by atoms with Crippen LogP contribution < -0.4 is 4.74 Å². The lowest BCUT2D eigenvalue weighted by Crippen LogP contribution is -2.24. The van der Waals surface area contributed by atoms with Crippen molar-refractivity contribution in [2.75, 3.05) is 6.61 Å². The van der Waals surface area contributed by atoms with Crippen LogP contribution in [0, 0.1) is 3.57 Å². The largest absolute Gasteiger partial charge is 0.481 e. The predicted octanol–water partition coefficient (Wildman–Crippen LogP) is 4.37. The lowest BCUT2D eigenvalue weighted by molar-refractivity contribution is -0.147. The third-order valence-electron chi connectivity index (χ3n) is 3.15. The zero-order valence-corrected chi connectivity index (χ0v) is 17.1. The molecule has 0 aliphatic rings. The molecule has 6 heteroatoms. The minimum atomic E-state index is -0.621. The molecule has 0 radical (unpaired) electrons. The van der Waals surface area contributed by atoms with E-state index in [-0.39, 0.29) is 24.5 Å². The van der Waals surface area contributed by atoms with Crippen molar-refractivity contribution in [3.05, 3.63) is 63.2 Å². The maximum absolute atomic E-state index is 12.4. The first-order chi connectivity index (χ1) is 12.2. The van der Waals surface area contributed by atoms with Gasteiger partial charge in [0.05, 0.1) is 0 Å². The molecule has 0 aromatic heterocycles. The van der Waals surface area contributed by atoms with E-state index in [9.17, 15) is 9.59 Å². The fraction of sp³-hybridized carbons (Fsp3) is 0.300. The first-order valence-corrected chi connectivity index (χ1v) is 9.18. The van der Waals surface area contributed by atoms with Crippen molar-refractivity contribution >= 4 is 34.5 Å². The first-order valence-electron chi connectivity index (χ1n) is 8.10. The van der Waals surface area contributed by atoms with Crippen LogP contribution >= 0.6 is 22.6 Å². The van der Waals surface area contributed by atoms with Crippen LogP contribution in [-0.2, 0) is 20.9 Å². The number of halogens is 1. The fourth-order valence-corrected chi connectivity index (χ4v) is 2.53. The molecule has 0 fully saturated rings. The van der Waals surface area contributed by atoms with Crippen molar-refractivity contribution in [3.63, 3.8) is 0 Å². The van der Waals surface area contributed by atoms with Crippen molar-refractivity contribution in [2.24, 2.45) is 0 Å². The lowest BCUT2D eigenvalue weighted by atomic mass is 10.1. The van der Waals surface area contributed by atoms with E-state index in [4.69, 9.17) is 14.2 Å². The Balaban J connectivity index is 1.98. The number of esters is 2. The Hall–Kier alpha value is -2.09. The molecule has 5 nitrogen and oxygen atoms in total. The Bertz CT molecular complexity index is 766. The Morgan fingerprint density at radius 2 is 1.73 bits per heavy atom. The van der Waals surface area contributed by atoms with E-state index in [1.807, 2.05) is 30.3 Å². The van der Waals surface area contributed by atoms with E-state index < -0.39 is 17.5 Å². The van der Waals surface area contributed by atoms with Gasteiger partial charge < -0.3 is 14.2 Å². The monoisotopic (exact) mass is 468 g/mol. The summed E-state index contributed by atoms with van der Waals surface area (Å²) in [5.74, 6) is -0.720. The molecule has 0 saturated heterocycles. The topological polar surface area (TPSA) is 61.8 Å². The van der Waals surface area contributed by atoms with E-state index in [0.29, 0.717) is 0 Å². The quantitative estimate of drug-likeness (QED) is 0.466. The summed E-state index contributed by atoms with van der Waals surface area (Å²) >= 11 is 2.10. The Kier molecular flexibility index (Phi) is 7.02. The molecule has 0 heterocycles. The highest BCUT2D eigenvalue weighted by Gasteiger charge is 2.22. The third kappa shape index (κ3) is 6.67.